The van der Waals surface area contributed by atoms with Crippen molar-refractivity contribution in [1.29, 1.82) is 0 Å². The van der Waals surface area contributed by atoms with Crippen LogP contribution in [0.1, 0.15) is 16.7 Å². The molecule has 7 heteroatoms. The van der Waals surface area contributed by atoms with Gasteiger partial charge in [-0.3, -0.25) is 0 Å². The predicted molar refractivity (Wildman–Crippen MR) is 111 cm³/mol. The number of nitrogens with zero attached hydrogens (tertiary/aromatic N) is 1. The van der Waals surface area contributed by atoms with Crippen molar-refractivity contribution >= 4 is 0 Å². The van der Waals surface area contributed by atoms with Crippen LogP contribution in [0.4, 0.5) is 0 Å². The lowest BCUT2D eigenvalue weighted by atomic mass is 9.90. The van der Waals surface area contributed by atoms with Crippen LogP contribution < -0.4 is 4.74 Å². The molecule has 7 nitrogen and oxygen atoms in total. The fourth-order valence-electron chi connectivity index (χ4n) is 4.26. The largest absolute Gasteiger partial charge is 0.462 e. The summed E-state index contributed by atoms with van der Waals surface area (Å²) in [5.41, 5.74) is 5.88. The Hall–Kier alpha value is -2.00. The molecule has 1 saturated heterocycles. The third kappa shape index (κ3) is 3.97. The van der Waals surface area contributed by atoms with E-state index in [1.807, 2.05) is 25.1 Å². The van der Waals surface area contributed by atoms with Crippen LogP contribution in [0.5, 0.6) is 5.75 Å². The van der Waals surface area contributed by atoms with Crippen molar-refractivity contribution in [2.75, 3.05) is 20.2 Å². The number of aliphatic hydroxyl groups is 4. The molecule has 2 aliphatic rings. The lowest BCUT2D eigenvalue weighted by Gasteiger charge is -2.39. The number of aryl methyl sites for hydroxylation is 1. The van der Waals surface area contributed by atoms with Crippen LogP contribution in [0.2, 0.25) is 0 Å². The second-order valence-electron chi connectivity index (χ2n) is 8.23. The zero-order valence-electron chi connectivity index (χ0n) is 17.2. The van der Waals surface area contributed by atoms with Gasteiger partial charge in [0, 0.05) is 13.1 Å². The highest BCUT2D eigenvalue weighted by atomic mass is 16.7. The molecular formula is C23H29NO6. The normalized spacial score (nSPS) is 29.5. The minimum atomic E-state index is -1.46. The maximum absolute atomic E-state index is 10.2. The topological polar surface area (TPSA) is 103 Å². The van der Waals surface area contributed by atoms with E-state index >= 15 is 0 Å². The van der Waals surface area contributed by atoms with Crippen molar-refractivity contribution in [3.05, 3.63) is 53.1 Å². The summed E-state index contributed by atoms with van der Waals surface area (Å²) >= 11 is 0. The summed E-state index contributed by atoms with van der Waals surface area (Å²) in [4.78, 5) is 2.31. The molecule has 5 atom stereocenters. The summed E-state index contributed by atoms with van der Waals surface area (Å²) < 4.78 is 11.3. The number of hydrogen-bond donors (Lipinski definition) is 4. The fourth-order valence-corrected chi connectivity index (χ4v) is 4.26. The second kappa shape index (κ2) is 8.63. The molecule has 0 saturated carbocycles. The van der Waals surface area contributed by atoms with Gasteiger partial charge >= 0.3 is 0 Å². The van der Waals surface area contributed by atoms with E-state index in [4.69, 9.17) is 9.47 Å². The monoisotopic (exact) mass is 415 g/mol. The number of ether oxygens (including phenoxy) is 2. The Morgan fingerprint density at radius 3 is 2.63 bits per heavy atom. The third-order valence-electron chi connectivity index (χ3n) is 6.03. The highest BCUT2D eigenvalue weighted by Gasteiger charge is 2.44. The second-order valence-corrected chi connectivity index (χ2v) is 8.23. The van der Waals surface area contributed by atoms with Crippen LogP contribution in [-0.4, -0.2) is 76.2 Å². The standard InChI is InChI=1S/C23H29NO6/c1-13-10-14(16-5-3-4-15-11-24(2)9-8-17(15)16)6-7-18(13)29-23-22(28)21(27)20(26)19(12-25)30-23/h3-7,10,19-23,25-28H,8-9,11-12H2,1-2H3. The summed E-state index contributed by atoms with van der Waals surface area (Å²) in [7, 11) is 2.13. The molecule has 0 aromatic heterocycles. The van der Waals surface area contributed by atoms with Crippen molar-refractivity contribution < 1.29 is 29.9 Å². The molecule has 2 aliphatic heterocycles. The number of likely N-dealkylation sites (N-methyl/N-ethyl adjacent to an activating group) is 1. The first-order valence-electron chi connectivity index (χ1n) is 10.3. The van der Waals surface area contributed by atoms with Crippen LogP contribution in [0.3, 0.4) is 0 Å². The van der Waals surface area contributed by atoms with E-state index < -0.39 is 37.3 Å². The number of rotatable bonds is 4. The van der Waals surface area contributed by atoms with E-state index in [9.17, 15) is 20.4 Å². The molecule has 162 valence electrons. The molecule has 0 aliphatic carbocycles. The molecule has 5 unspecified atom stereocenters. The molecule has 2 heterocycles. The summed E-state index contributed by atoms with van der Waals surface area (Å²) in [6, 6.07) is 12.2. The molecule has 0 amide bonds. The first kappa shape index (κ1) is 21.2. The van der Waals surface area contributed by atoms with E-state index in [1.54, 1.807) is 0 Å². The Labute approximate surface area is 176 Å². The van der Waals surface area contributed by atoms with Crippen molar-refractivity contribution in [3.63, 3.8) is 0 Å². The van der Waals surface area contributed by atoms with Crippen LogP contribution in [0, 0.1) is 6.92 Å². The van der Waals surface area contributed by atoms with Crippen molar-refractivity contribution in [1.82, 2.24) is 4.90 Å². The highest BCUT2D eigenvalue weighted by Crippen LogP contribution is 2.33. The molecule has 30 heavy (non-hydrogen) atoms. The third-order valence-corrected chi connectivity index (χ3v) is 6.03. The smallest absolute Gasteiger partial charge is 0.229 e. The summed E-state index contributed by atoms with van der Waals surface area (Å²) in [6.07, 6.45) is -5.48. The summed E-state index contributed by atoms with van der Waals surface area (Å²) in [5, 5.41) is 39.4. The Kier molecular flexibility index (Phi) is 6.11. The van der Waals surface area contributed by atoms with E-state index in [0.717, 1.165) is 30.6 Å². The van der Waals surface area contributed by atoms with E-state index in [0.29, 0.717) is 5.75 Å². The molecular weight excluding hydrogens is 386 g/mol. The van der Waals surface area contributed by atoms with Gasteiger partial charge in [-0.05, 0) is 60.3 Å². The van der Waals surface area contributed by atoms with Gasteiger partial charge in [-0.2, -0.15) is 0 Å². The van der Waals surface area contributed by atoms with Crippen molar-refractivity contribution in [2.24, 2.45) is 0 Å². The van der Waals surface area contributed by atoms with Gasteiger partial charge in [-0.25, -0.2) is 0 Å². The first-order chi connectivity index (χ1) is 14.4. The number of aliphatic hydroxyl groups excluding tert-OH is 4. The van der Waals surface area contributed by atoms with E-state index in [1.165, 1.54) is 16.7 Å². The number of benzene rings is 2. The zero-order valence-corrected chi connectivity index (χ0v) is 17.2. The molecule has 1 fully saturated rings. The van der Waals surface area contributed by atoms with E-state index in [2.05, 4.69) is 30.1 Å². The minimum Gasteiger partial charge on any atom is -0.462 e. The van der Waals surface area contributed by atoms with Crippen molar-refractivity contribution in [3.8, 4) is 16.9 Å². The maximum atomic E-state index is 10.2. The Morgan fingerprint density at radius 2 is 1.90 bits per heavy atom. The van der Waals surface area contributed by atoms with Gasteiger partial charge in [0.15, 0.2) is 0 Å². The van der Waals surface area contributed by atoms with Gasteiger partial charge in [-0.15, -0.1) is 0 Å². The number of fused-ring (bicyclic) bond motifs is 1. The van der Waals surface area contributed by atoms with Gasteiger partial charge in [0.2, 0.25) is 6.29 Å². The Balaban J connectivity index is 1.57. The lowest BCUT2D eigenvalue weighted by Crippen LogP contribution is -2.60. The predicted octanol–water partition coefficient (Wildman–Crippen LogP) is 0.829. The molecule has 2 aromatic rings. The van der Waals surface area contributed by atoms with Crippen LogP contribution in [0.15, 0.2) is 36.4 Å². The molecule has 4 rings (SSSR count). The maximum Gasteiger partial charge on any atom is 0.229 e. The van der Waals surface area contributed by atoms with Crippen LogP contribution >= 0.6 is 0 Å². The highest BCUT2D eigenvalue weighted by molar-refractivity contribution is 5.70. The van der Waals surface area contributed by atoms with Gasteiger partial charge in [-0.1, -0.05) is 24.3 Å². The SMILES string of the molecule is Cc1cc(-c2cccc3c2CCN(C)C3)ccc1OC1OC(CO)C(O)C(O)C1O. The van der Waals surface area contributed by atoms with Gasteiger partial charge in [0.1, 0.15) is 30.2 Å². The average Bonchev–Trinajstić information content (AvgIpc) is 2.74. The first-order valence-corrected chi connectivity index (χ1v) is 10.3. The summed E-state index contributed by atoms with van der Waals surface area (Å²) in [6.45, 7) is 3.39. The minimum absolute atomic E-state index is 0.489. The van der Waals surface area contributed by atoms with Gasteiger partial charge in [0.05, 0.1) is 6.61 Å². The molecule has 4 N–H and O–H groups in total. The molecule has 2 aromatic carbocycles. The van der Waals surface area contributed by atoms with E-state index in [-0.39, 0.29) is 0 Å². The van der Waals surface area contributed by atoms with Gasteiger partial charge in [0.25, 0.3) is 0 Å². The zero-order chi connectivity index (χ0) is 21.4. The molecule has 0 radical (unpaired) electrons. The lowest BCUT2D eigenvalue weighted by molar-refractivity contribution is -0.277. The quantitative estimate of drug-likeness (QED) is 0.587. The Morgan fingerprint density at radius 1 is 1.10 bits per heavy atom. The summed E-state index contributed by atoms with van der Waals surface area (Å²) in [5.74, 6) is 0.507. The van der Waals surface area contributed by atoms with Crippen LogP contribution in [0.25, 0.3) is 11.1 Å². The Bertz CT molecular complexity index is 901. The van der Waals surface area contributed by atoms with Crippen molar-refractivity contribution in [2.45, 2.75) is 50.6 Å². The molecule has 0 spiro atoms. The molecule has 0 bridgehead atoms. The van der Waals surface area contributed by atoms with Gasteiger partial charge < -0.3 is 34.8 Å². The number of hydrogen-bond acceptors (Lipinski definition) is 7. The average molecular weight is 415 g/mol. The van der Waals surface area contributed by atoms with Crippen LogP contribution in [-0.2, 0) is 17.7 Å². The fraction of sp³-hybridized carbons (Fsp3) is 0.478.